The van der Waals surface area contributed by atoms with Crippen LogP contribution in [-0.2, 0) is 6.61 Å². The lowest BCUT2D eigenvalue weighted by atomic mass is 10.1. The van der Waals surface area contributed by atoms with Gasteiger partial charge in [-0.15, -0.1) is 0 Å². The fraction of sp³-hybridized carbons (Fsp3) is 0.250. The minimum atomic E-state index is -0.800. The van der Waals surface area contributed by atoms with E-state index in [-0.39, 0.29) is 13.2 Å². The van der Waals surface area contributed by atoms with Gasteiger partial charge in [0.15, 0.2) is 0 Å². The molecule has 2 N–H and O–H groups in total. The standard InChI is InChI=1S/C16H17ClO4/c1-20-12-5-2-4-11(8-12)15(19)10-21-16-7-3-6-14(17)13(16)9-18/h2-8,15,18-19H,9-10H2,1H3. The van der Waals surface area contributed by atoms with Crippen LogP contribution in [0.2, 0.25) is 5.02 Å². The van der Waals surface area contributed by atoms with E-state index in [1.165, 1.54) is 0 Å². The maximum Gasteiger partial charge on any atom is 0.126 e. The van der Waals surface area contributed by atoms with Gasteiger partial charge in [-0.3, -0.25) is 0 Å². The fourth-order valence-corrected chi connectivity index (χ4v) is 2.17. The minimum Gasteiger partial charge on any atom is -0.497 e. The molecule has 1 atom stereocenters. The van der Waals surface area contributed by atoms with Gasteiger partial charge in [0.05, 0.1) is 13.7 Å². The highest BCUT2D eigenvalue weighted by Gasteiger charge is 2.12. The molecular formula is C16H17ClO4. The first-order valence-corrected chi connectivity index (χ1v) is 6.86. The van der Waals surface area contributed by atoms with Crippen molar-refractivity contribution in [3.05, 3.63) is 58.6 Å². The van der Waals surface area contributed by atoms with E-state index in [4.69, 9.17) is 21.1 Å². The quantitative estimate of drug-likeness (QED) is 0.861. The van der Waals surface area contributed by atoms with E-state index in [1.807, 2.05) is 0 Å². The Morgan fingerprint density at radius 2 is 1.95 bits per heavy atom. The third-order valence-corrected chi connectivity index (χ3v) is 3.46. The summed E-state index contributed by atoms with van der Waals surface area (Å²) in [5.41, 5.74) is 1.21. The van der Waals surface area contributed by atoms with Crippen LogP contribution >= 0.6 is 11.6 Å². The van der Waals surface area contributed by atoms with Crippen LogP contribution in [0.15, 0.2) is 42.5 Å². The van der Waals surface area contributed by atoms with Crippen LogP contribution in [0.5, 0.6) is 11.5 Å². The van der Waals surface area contributed by atoms with Gasteiger partial charge in [-0.05, 0) is 29.8 Å². The number of rotatable bonds is 6. The second-order valence-corrected chi connectivity index (χ2v) is 4.89. The van der Waals surface area contributed by atoms with E-state index in [0.29, 0.717) is 27.6 Å². The predicted octanol–water partition coefficient (Wildman–Crippen LogP) is 2.95. The van der Waals surface area contributed by atoms with Crippen molar-refractivity contribution in [1.29, 1.82) is 0 Å². The topological polar surface area (TPSA) is 58.9 Å². The second-order valence-electron chi connectivity index (χ2n) is 4.48. The van der Waals surface area contributed by atoms with E-state index < -0.39 is 6.10 Å². The zero-order valence-electron chi connectivity index (χ0n) is 11.6. The van der Waals surface area contributed by atoms with Crippen molar-refractivity contribution in [3.8, 4) is 11.5 Å². The molecule has 0 saturated carbocycles. The highest BCUT2D eigenvalue weighted by Crippen LogP contribution is 2.27. The van der Waals surface area contributed by atoms with Gasteiger partial charge in [-0.1, -0.05) is 29.8 Å². The van der Waals surface area contributed by atoms with E-state index in [2.05, 4.69) is 0 Å². The van der Waals surface area contributed by atoms with Crippen molar-refractivity contribution in [1.82, 2.24) is 0 Å². The average molecular weight is 309 g/mol. The maximum atomic E-state index is 10.2. The molecule has 0 bridgehead atoms. The van der Waals surface area contributed by atoms with Crippen LogP contribution < -0.4 is 9.47 Å². The Kier molecular flexibility index (Phi) is 5.44. The molecule has 0 saturated heterocycles. The van der Waals surface area contributed by atoms with E-state index in [0.717, 1.165) is 0 Å². The SMILES string of the molecule is COc1cccc(C(O)COc2cccc(Cl)c2CO)c1. The molecule has 21 heavy (non-hydrogen) atoms. The zero-order valence-corrected chi connectivity index (χ0v) is 12.4. The van der Waals surface area contributed by atoms with E-state index in [9.17, 15) is 10.2 Å². The molecule has 0 fully saturated rings. The number of methoxy groups -OCH3 is 1. The molecule has 0 heterocycles. The molecule has 0 amide bonds. The Bertz CT molecular complexity index is 601. The summed E-state index contributed by atoms with van der Waals surface area (Å²) in [6, 6.07) is 12.3. The van der Waals surface area contributed by atoms with Crippen LogP contribution in [0.4, 0.5) is 0 Å². The van der Waals surface area contributed by atoms with Crippen molar-refractivity contribution in [2.45, 2.75) is 12.7 Å². The minimum absolute atomic E-state index is 0.0561. The smallest absolute Gasteiger partial charge is 0.126 e. The molecule has 0 aliphatic rings. The van der Waals surface area contributed by atoms with Gasteiger partial charge in [-0.2, -0.15) is 0 Å². The van der Waals surface area contributed by atoms with Crippen LogP contribution in [0.1, 0.15) is 17.2 Å². The van der Waals surface area contributed by atoms with Crippen LogP contribution in [0.3, 0.4) is 0 Å². The first-order valence-electron chi connectivity index (χ1n) is 6.48. The van der Waals surface area contributed by atoms with Gasteiger partial charge >= 0.3 is 0 Å². The van der Waals surface area contributed by atoms with Crippen LogP contribution in [0, 0.1) is 0 Å². The van der Waals surface area contributed by atoms with Crippen molar-refractivity contribution in [3.63, 3.8) is 0 Å². The number of aliphatic hydroxyl groups excluding tert-OH is 2. The molecule has 112 valence electrons. The molecule has 1 unspecified atom stereocenters. The molecule has 2 aromatic carbocycles. The fourth-order valence-electron chi connectivity index (χ4n) is 1.94. The largest absolute Gasteiger partial charge is 0.497 e. The summed E-state index contributed by atoms with van der Waals surface area (Å²) in [6.45, 7) is -0.162. The third kappa shape index (κ3) is 3.88. The number of halogens is 1. The zero-order chi connectivity index (χ0) is 15.2. The molecular weight excluding hydrogens is 292 g/mol. The summed E-state index contributed by atoms with van der Waals surface area (Å²) in [4.78, 5) is 0. The van der Waals surface area contributed by atoms with Gasteiger partial charge in [0.25, 0.3) is 0 Å². The van der Waals surface area contributed by atoms with Gasteiger partial charge in [0, 0.05) is 10.6 Å². The Balaban J connectivity index is 2.07. The van der Waals surface area contributed by atoms with Crippen LogP contribution in [-0.4, -0.2) is 23.9 Å². The second kappa shape index (κ2) is 7.31. The lowest BCUT2D eigenvalue weighted by Gasteiger charge is -2.15. The lowest BCUT2D eigenvalue weighted by molar-refractivity contribution is 0.106. The molecule has 2 aromatic rings. The van der Waals surface area contributed by atoms with Crippen LogP contribution in [0.25, 0.3) is 0 Å². The highest BCUT2D eigenvalue weighted by atomic mass is 35.5. The summed E-state index contributed by atoms with van der Waals surface area (Å²) in [6.07, 6.45) is -0.800. The molecule has 0 aliphatic carbocycles. The van der Waals surface area contributed by atoms with Gasteiger partial charge < -0.3 is 19.7 Å². The maximum absolute atomic E-state index is 10.2. The Hall–Kier alpha value is -1.75. The Labute approximate surface area is 128 Å². The summed E-state index contributed by atoms with van der Waals surface area (Å²) in [5.74, 6) is 1.14. The van der Waals surface area contributed by atoms with Gasteiger partial charge in [-0.25, -0.2) is 0 Å². The number of hydrogen-bond donors (Lipinski definition) is 2. The van der Waals surface area contributed by atoms with E-state index >= 15 is 0 Å². The number of aliphatic hydroxyl groups is 2. The normalized spacial score (nSPS) is 12.0. The van der Waals surface area contributed by atoms with Crippen molar-refractivity contribution < 1.29 is 19.7 Å². The van der Waals surface area contributed by atoms with Crippen molar-refractivity contribution in [2.24, 2.45) is 0 Å². The highest BCUT2D eigenvalue weighted by molar-refractivity contribution is 6.31. The molecule has 0 aromatic heterocycles. The van der Waals surface area contributed by atoms with Crippen molar-refractivity contribution >= 4 is 11.6 Å². The monoisotopic (exact) mass is 308 g/mol. The molecule has 4 nitrogen and oxygen atoms in total. The summed E-state index contributed by atoms with van der Waals surface area (Å²) in [5, 5.41) is 19.9. The Morgan fingerprint density at radius 3 is 2.67 bits per heavy atom. The molecule has 0 radical (unpaired) electrons. The number of benzene rings is 2. The Morgan fingerprint density at radius 1 is 1.19 bits per heavy atom. The predicted molar refractivity (Wildman–Crippen MR) is 80.8 cm³/mol. The first kappa shape index (κ1) is 15.6. The molecule has 0 spiro atoms. The molecule has 2 rings (SSSR count). The first-order chi connectivity index (χ1) is 10.2. The molecule has 0 aliphatic heterocycles. The lowest BCUT2D eigenvalue weighted by Crippen LogP contribution is -2.11. The van der Waals surface area contributed by atoms with E-state index in [1.54, 1.807) is 49.6 Å². The summed E-state index contributed by atoms with van der Waals surface area (Å²) < 4.78 is 10.7. The van der Waals surface area contributed by atoms with Gasteiger partial charge in [0.1, 0.15) is 24.2 Å². The number of ether oxygens (including phenoxy) is 2. The summed E-state index contributed by atoms with van der Waals surface area (Å²) in [7, 11) is 1.57. The van der Waals surface area contributed by atoms with Gasteiger partial charge in [0.2, 0.25) is 0 Å². The summed E-state index contributed by atoms with van der Waals surface area (Å²) >= 11 is 5.98. The molecule has 5 heteroatoms. The number of hydrogen-bond acceptors (Lipinski definition) is 4. The third-order valence-electron chi connectivity index (χ3n) is 3.11. The van der Waals surface area contributed by atoms with Crippen molar-refractivity contribution in [2.75, 3.05) is 13.7 Å². The average Bonchev–Trinajstić information content (AvgIpc) is 2.52.